The lowest BCUT2D eigenvalue weighted by molar-refractivity contribution is -0.114. The summed E-state index contributed by atoms with van der Waals surface area (Å²) < 4.78 is 14.9. The molecule has 0 saturated heterocycles. The number of carbonyl (C=O) groups is 1. The molecular formula is C20H19ClFN3O. The van der Waals surface area contributed by atoms with Crippen molar-refractivity contribution in [3.63, 3.8) is 0 Å². The Balaban J connectivity index is 1.85. The van der Waals surface area contributed by atoms with Crippen molar-refractivity contribution in [2.45, 2.75) is 44.9 Å². The van der Waals surface area contributed by atoms with Crippen LogP contribution in [0.4, 0.5) is 15.9 Å². The molecule has 4 nitrogen and oxygen atoms in total. The van der Waals surface area contributed by atoms with Gasteiger partial charge in [0.05, 0.1) is 5.02 Å². The first-order chi connectivity index (χ1) is 12.4. The third-order valence-electron chi connectivity index (χ3n) is 5.48. The van der Waals surface area contributed by atoms with Crippen LogP contribution in [0.15, 0.2) is 29.4 Å². The molecule has 2 heterocycles. The van der Waals surface area contributed by atoms with Crippen molar-refractivity contribution in [1.29, 1.82) is 0 Å². The second-order valence-electron chi connectivity index (χ2n) is 7.07. The molecular weight excluding hydrogens is 353 g/mol. The standard InChI is InChI=1S/C20H19ClFN3O/c1-11-20(5-3-4-6-20)15-7-13(8-17(22)19(15)24-11)14-9-18(25-12(2)26)23-10-16(14)21/h7-10H,3-6H2,1-2H3,(H,23,25,26). The number of nitrogens with zero attached hydrogens (tertiary/aromatic N) is 2. The molecule has 1 N–H and O–H groups in total. The van der Waals surface area contributed by atoms with Crippen molar-refractivity contribution >= 4 is 34.7 Å². The Morgan fingerprint density at radius 2 is 2.00 bits per heavy atom. The van der Waals surface area contributed by atoms with Gasteiger partial charge in [0.25, 0.3) is 0 Å². The average Bonchev–Trinajstić information content (AvgIpc) is 3.18. The summed E-state index contributed by atoms with van der Waals surface area (Å²) in [4.78, 5) is 19.9. The van der Waals surface area contributed by atoms with E-state index in [2.05, 4.69) is 15.3 Å². The normalized spacial score (nSPS) is 17.3. The van der Waals surface area contributed by atoms with Crippen LogP contribution in [0.5, 0.6) is 0 Å². The van der Waals surface area contributed by atoms with E-state index in [4.69, 9.17) is 11.6 Å². The Labute approximate surface area is 156 Å². The van der Waals surface area contributed by atoms with Crippen LogP contribution in [0.3, 0.4) is 0 Å². The SMILES string of the molecule is CC(=O)Nc1cc(-c2cc(F)c3c(c2)C2(CCCC2)C(C)=N3)c(Cl)cn1. The zero-order chi connectivity index (χ0) is 18.5. The van der Waals surface area contributed by atoms with Crippen molar-refractivity contribution in [3.8, 4) is 11.1 Å². The van der Waals surface area contributed by atoms with Gasteiger partial charge in [0, 0.05) is 29.8 Å². The lowest BCUT2D eigenvalue weighted by Crippen LogP contribution is -2.27. The molecule has 2 aliphatic rings. The number of aromatic nitrogens is 1. The first-order valence-electron chi connectivity index (χ1n) is 8.74. The maximum Gasteiger partial charge on any atom is 0.222 e. The zero-order valence-corrected chi connectivity index (χ0v) is 15.5. The van der Waals surface area contributed by atoms with Gasteiger partial charge in [-0.25, -0.2) is 9.37 Å². The summed E-state index contributed by atoms with van der Waals surface area (Å²) in [6.07, 6.45) is 5.72. The van der Waals surface area contributed by atoms with Gasteiger partial charge >= 0.3 is 0 Å². The minimum atomic E-state index is -0.338. The van der Waals surface area contributed by atoms with Gasteiger partial charge in [-0.1, -0.05) is 24.4 Å². The summed E-state index contributed by atoms with van der Waals surface area (Å²) >= 11 is 6.32. The molecule has 0 atom stereocenters. The molecule has 1 aliphatic carbocycles. The van der Waals surface area contributed by atoms with E-state index in [1.807, 2.05) is 13.0 Å². The van der Waals surface area contributed by atoms with E-state index in [0.29, 0.717) is 27.7 Å². The molecule has 1 aromatic heterocycles. The van der Waals surface area contributed by atoms with Gasteiger partial charge in [0.1, 0.15) is 17.3 Å². The quantitative estimate of drug-likeness (QED) is 0.766. The molecule has 0 radical (unpaired) electrons. The maximum absolute atomic E-state index is 14.9. The second-order valence-corrected chi connectivity index (χ2v) is 7.48. The van der Waals surface area contributed by atoms with E-state index in [-0.39, 0.29) is 17.1 Å². The molecule has 1 aromatic carbocycles. The fourth-order valence-electron chi connectivity index (χ4n) is 4.22. The van der Waals surface area contributed by atoms with E-state index in [1.54, 1.807) is 6.07 Å². The first-order valence-corrected chi connectivity index (χ1v) is 9.12. The number of hydrogen-bond acceptors (Lipinski definition) is 3. The number of aliphatic imine (C=N–C) groups is 1. The van der Waals surface area contributed by atoms with Gasteiger partial charge in [-0.15, -0.1) is 0 Å². The van der Waals surface area contributed by atoms with Crippen LogP contribution in [-0.4, -0.2) is 16.6 Å². The van der Waals surface area contributed by atoms with Gasteiger partial charge in [0.15, 0.2) is 0 Å². The van der Waals surface area contributed by atoms with Crippen molar-refractivity contribution in [2.24, 2.45) is 4.99 Å². The summed E-state index contributed by atoms with van der Waals surface area (Å²) in [5, 5.41) is 3.05. The number of benzene rings is 1. The number of fused-ring (bicyclic) bond motifs is 2. The van der Waals surface area contributed by atoms with Crippen molar-refractivity contribution < 1.29 is 9.18 Å². The molecule has 1 spiro atoms. The Bertz CT molecular complexity index is 948. The number of amides is 1. The molecule has 0 unspecified atom stereocenters. The van der Waals surface area contributed by atoms with E-state index in [1.165, 1.54) is 19.2 Å². The fraction of sp³-hybridized carbons (Fsp3) is 0.350. The number of anilines is 1. The number of rotatable bonds is 2. The minimum absolute atomic E-state index is 0.147. The number of pyridine rings is 1. The van der Waals surface area contributed by atoms with Gasteiger partial charge in [-0.05, 0) is 49.1 Å². The van der Waals surface area contributed by atoms with Gasteiger partial charge in [0.2, 0.25) is 5.91 Å². The van der Waals surface area contributed by atoms with Crippen molar-refractivity contribution in [2.75, 3.05) is 5.32 Å². The lowest BCUT2D eigenvalue weighted by Gasteiger charge is -2.25. The predicted molar refractivity (Wildman–Crippen MR) is 102 cm³/mol. The van der Waals surface area contributed by atoms with Crippen LogP contribution in [0.1, 0.15) is 45.1 Å². The molecule has 1 fully saturated rings. The third kappa shape index (κ3) is 2.62. The molecule has 1 amide bonds. The highest BCUT2D eigenvalue weighted by molar-refractivity contribution is 6.33. The monoisotopic (exact) mass is 371 g/mol. The lowest BCUT2D eigenvalue weighted by atomic mass is 9.76. The van der Waals surface area contributed by atoms with Gasteiger partial charge in [-0.2, -0.15) is 0 Å². The molecule has 1 saturated carbocycles. The molecule has 26 heavy (non-hydrogen) atoms. The highest BCUT2D eigenvalue weighted by Gasteiger charge is 2.44. The zero-order valence-electron chi connectivity index (χ0n) is 14.7. The van der Waals surface area contributed by atoms with Crippen LogP contribution < -0.4 is 5.32 Å². The van der Waals surface area contributed by atoms with Crippen LogP contribution in [0, 0.1) is 5.82 Å². The minimum Gasteiger partial charge on any atom is -0.311 e. The summed E-state index contributed by atoms with van der Waals surface area (Å²) in [7, 11) is 0. The molecule has 0 bridgehead atoms. The second kappa shape index (κ2) is 6.16. The van der Waals surface area contributed by atoms with Crippen molar-refractivity contribution in [3.05, 3.63) is 40.8 Å². The Morgan fingerprint density at radius 1 is 1.27 bits per heavy atom. The predicted octanol–water partition coefficient (Wildman–Crippen LogP) is 5.42. The van der Waals surface area contributed by atoms with Crippen LogP contribution >= 0.6 is 11.6 Å². The summed E-state index contributed by atoms with van der Waals surface area (Å²) in [6.45, 7) is 3.41. The van der Waals surface area contributed by atoms with E-state index in [0.717, 1.165) is 37.0 Å². The van der Waals surface area contributed by atoms with Crippen LogP contribution in [-0.2, 0) is 10.2 Å². The Hall–Kier alpha value is -2.27. The van der Waals surface area contributed by atoms with Crippen LogP contribution in [0.2, 0.25) is 5.02 Å². The summed E-state index contributed by atoms with van der Waals surface area (Å²) in [5.74, 6) is -0.171. The largest absolute Gasteiger partial charge is 0.311 e. The number of hydrogen-bond donors (Lipinski definition) is 1. The van der Waals surface area contributed by atoms with E-state index < -0.39 is 0 Å². The number of nitrogens with one attached hydrogen (secondary N) is 1. The third-order valence-corrected chi connectivity index (χ3v) is 5.78. The van der Waals surface area contributed by atoms with Gasteiger partial charge in [-0.3, -0.25) is 9.79 Å². The van der Waals surface area contributed by atoms with Crippen LogP contribution in [0.25, 0.3) is 11.1 Å². The average molecular weight is 372 g/mol. The molecule has 2 aromatic rings. The maximum atomic E-state index is 14.9. The highest BCUT2D eigenvalue weighted by Crippen LogP contribution is 2.52. The Kier molecular flexibility index (Phi) is 4.07. The van der Waals surface area contributed by atoms with E-state index in [9.17, 15) is 9.18 Å². The van der Waals surface area contributed by atoms with Gasteiger partial charge < -0.3 is 5.32 Å². The number of carbonyl (C=O) groups excluding carboxylic acids is 1. The highest BCUT2D eigenvalue weighted by atomic mass is 35.5. The smallest absolute Gasteiger partial charge is 0.222 e. The van der Waals surface area contributed by atoms with E-state index >= 15 is 0 Å². The molecule has 1 aliphatic heterocycles. The van der Waals surface area contributed by atoms with Crippen molar-refractivity contribution in [1.82, 2.24) is 4.98 Å². The topological polar surface area (TPSA) is 54.4 Å². The first kappa shape index (κ1) is 17.2. The summed E-state index contributed by atoms with van der Waals surface area (Å²) in [6, 6.07) is 5.14. The number of halogens is 2. The Morgan fingerprint density at radius 3 is 2.69 bits per heavy atom. The molecule has 6 heteroatoms. The summed E-state index contributed by atoms with van der Waals surface area (Å²) in [5.41, 5.74) is 3.59. The fourth-order valence-corrected chi connectivity index (χ4v) is 4.43. The molecule has 134 valence electrons. The molecule has 4 rings (SSSR count).